The Morgan fingerprint density at radius 1 is 0.950 bits per heavy atom. The molecule has 1 unspecified atom stereocenters. The van der Waals surface area contributed by atoms with E-state index >= 15 is 0 Å². The first kappa shape index (κ1) is 15.1. The summed E-state index contributed by atoms with van der Waals surface area (Å²) in [6, 6.07) is 5.32. The second kappa shape index (κ2) is 5.58. The summed E-state index contributed by atoms with van der Waals surface area (Å²) in [6.07, 6.45) is -1.35. The lowest BCUT2D eigenvalue weighted by atomic mass is 9.95. The van der Waals surface area contributed by atoms with Crippen LogP contribution in [0.15, 0.2) is 28.7 Å². The largest absolute Gasteiger partial charge is 0.384 e. The van der Waals surface area contributed by atoms with E-state index in [1.165, 1.54) is 0 Å². The first-order valence-electron chi connectivity index (χ1n) is 5.91. The van der Waals surface area contributed by atoms with Crippen LogP contribution in [0, 0.1) is 31.3 Å². The molecule has 2 rings (SSSR count). The number of aryl methyl sites for hydroxylation is 2. The van der Waals surface area contributed by atoms with Crippen molar-refractivity contribution in [1.29, 1.82) is 0 Å². The summed E-state index contributed by atoms with van der Waals surface area (Å²) in [5, 5.41) is 10.2. The first-order valence-corrected chi connectivity index (χ1v) is 6.70. The molecule has 0 fully saturated rings. The zero-order valence-corrected chi connectivity index (χ0v) is 12.4. The molecule has 0 aromatic heterocycles. The summed E-state index contributed by atoms with van der Waals surface area (Å²) in [6.45, 7) is 3.57. The number of aliphatic hydroxyl groups excluding tert-OH is 1. The highest BCUT2D eigenvalue weighted by molar-refractivity contribution is 9.10. The number of hydrogen-bond donors (Lipinski definition) is 1. The average molecular weight is 345 g/mol. The minimum Gasteiger partial charge on any atom is -0.384 e. The molecule has 0 saturated heterocycles. The van der Waals surface area contributed by atoms with Gasteiger partial charge < -0.3 is 5.11 Å². The maximum absolute atomic E-state index is 13.7. The van der Waals surface area contributed by atoms with Crippen molar-refractivity contribution in [2.45, 2.75) is 20.0 Å². The molecule has 0 aliphatic heterocycles. The minimum absolute atomic E-state index is 0.284. The summed E-state index contributed by atoms with van der Waals surface area (Å²) >= 11 is 3.36. The van der Waals surface area contributed by atoms with Gasteiger partial charge in [-0.3, -0.25) is 0 Å². The highest BCUT2D eigenvalue weighted by Crippen LogP contribution is 2.31. The van der Waals surface area contributed by atoms with Crippen molar-refractivity contribution in [2.24, 2.45) is 0 Å². The van der Waals surface area contributed by atoms with Gasteiger partial charge in [-0.2, -0.15) is 0 Å². The van der Waals surface area contributed by atoms with E-state index in [0.29, 0.717) is 5.56 Å². The third-order valence-electron chi connectivity index (χ3n) is 3.20. The second-order valence-electron chi connectivity index (χ2n) is 4.63. The zero-order chi connectivity index (χ0) is 15.0. The molecule has 0 aliphatic carbocycles. The molecule has 0 aliphatic rings. The van der Waals surface area contributed by atoms with Gasteiger partial charge in [0.1, 0.15) is 6.10 Å². The lowest BCUT2D eigenvalue weighted by Gasteiger charge is -2.17. The molecule has 20 heavy (non-hydrogen) atoms. The Bertz CT molecular complexity index is 669. The molecule has 0 heterocycles. The van der Waals surface area contributed by atoms with Gasteiger partial charge in [0, 0.05) is 10.0 Å². The molecule has 1 atom stereocenters. The van der Waals surface area contributed by atoms with Crippen LogP contribution in [0.4, 0.5) is 13.2 Å². The van der Waals surface area contributed by atoms with Gasteiger partial charge in [-0.1, -0.05) is 28.1 Å². The maximum Gasteiger partial charge on any atom is 0.194 e. The van der Waals surface area contributed by atoms with Gasteiger partial charge in [-0.25, -0.2) is 13.2 Å². The maximum atomic E-state index is 13.7. The Morgan fingerprint density at radius 2 is 1.60 bits per heavy atom. The molecule has 2 aromatic carbocycles. The van der Waals surface area contributed by atoms with Crippen LogP contribution < -0.4 is 0 Å². The summed E-state index contributed by atoms with van der Waals surface area (Å²) in [4.78, 5) is 0. The zero-order valence-electron chi connectivity index (χ0n) is 10.8. The molecule has 0 saturated carbocycles. The quantitative estimate of drug-likeness (QED) is 0.791. The lowest BCUT2D eigenvalue weighted by Crippen LogP contribution is -2.07. The lowest BCUT2D eigenvalue weighted by molar-refractivity contribution is 0.212. The number of benzene rings is 2. The van der Waals surface area contributed by atoms with E-state index in [1.807, 2.05) is 6.92 Å². The van der Waals surface area contributed by atoms with E-state index in [4.69, 9.17) is 0 Å². The first-order chi connectivity index (χ1) is 9.32. The third kappa shape index (κ3) is 2.60. The second-order valence-corrected chi connectivity index (χ2v) is 5.48. The molecule has 1 nitrogen and oxygen atoms in total. The van der Waals surface area contributed by atoms with Crippen LogP contribution >= 0.6 is 15.9 Å². The van der Waals surface area contributed by atoms with Crippen molar-refractivity contribution in [3.8, 4) is 0 Å². The fourth-order valence-electron chi connectivity index (χ4n) is 2.02. The highest BCUT2D eigenvalue weighted by atomic mass is 79.9. The van der Waals surface area contributed by atoms with E-state index in [9.17, 15) is 18.3 Å². The Labute approximate surface area is 123 Å². The molecule has 106 valence electrons. The molecule has 0 bridgehead atoms. The van der Waals surface area contributed by atoms with Crippen molar-refractivity contribution >= 4 is 15.9 Å². The highest BCUT2D eigenvalue weighted by Gasteiger charge is 2.22. The number of halogens is 4. The van der Waals surface area contributed by atoms with Gasteiger partial charge in [0.25, 0.3) is 0 Å². The van der Waals surface area contributed by atoms with Crippen LogP contribution in [0.5, 0.6) is 0 Å². The molecule has 1 N–H and O–H groups in total. The van der Waals surface area contributed by atoms with Gasteiger partial charge in [-0.15, -0.1) is 0 Å². The van der Waals surface area contributed by atoms with Crippen LogP contribution in [-0.2, 0) is 0 Å². The van der Waals surface area contributed by atoms with E-state index < -0.39 is 23.6 Å². The summed E-state index contributed by atoms with van der Waals surface area (Å²) in [7, 11) is 0. The Hall–Kier alpha value is -1.33. The van der Waals surface area contributed by atoms with E-state index in [0.717, 1.165) is 27.7 Å². The van der Waals surface area contributed by atoms with E-state index in [-0.39, 0.29) is 5.56 Å². The van der Waals surface area contributed by atoms with Crippen molar-refractivity contribution in [2.75, 3.05) is 0 Å². The van der Waals surface area contributed by atoms with Gasteiger partial charge in [0.15, 0.2) is 17.5 Å². The predicted octanol–water partition coefficient (Wildman–Crippen LogP) is 4.56. The van der Waals surface area contributed by atoms with Crippen molar-refractivity contribution < 1.29 is 18.3 Å². The van der Waals surface area contributed by atoms with Crippen molar-refractivity contribution in [3.63, 3.8) is 0 Å². The molecule has 5 heteroatoms. The monoisotopic (exact) mass is 344 g/mol. The number of rotatable bonds is 2. The van der Waals surface area contributed by atoms with Crippen LogP contribution in [0.25, 0.3) is 0 Å². The molecular weight excluding hydrogens is 333 g/mol. The Morgan fingerprint density at radius 3 is 2.25 bits per heavy atom. The van der Waals surface area contributed by atoms with Gasteiger partial charge >= 0.3 is 0 Å². The summed E-state index contributed by atoms with van der Waals surface area (Å²) in [5.74, 6) is -4.22. The molecule has 0 spiro atoms. The average Bonchev–Trinajstić information content (AvgIpc) is 2.40. The molecule has 0 radical (unpaired) electrons. The van der Waals surface area contributed by atoms with Gasteiger partial charge in [0.05, 0.1) is 0 Å². The van der Waals surface area contributed by atoms with Gasteiger partial charge in [-0.05, 0) is 42.7 Å². The Kier molecular flexibility index (Phi) is 4.20. The van der Waals surface area contributed by atoms with Crippen LogP contribution in [0.1, 0.15) is 28.4 Å². The van der Waals surface area contributed by atoms with Crippen LogP contribution in [0.3, 0.4) is 0 Å². The van der Waals surface area contributed by atoms with E-state index in [2.05, 4.69) is 15.9 Å². The minimum atomic E-state index is -1.58. The smallest absolute Gasteiger partial charge is 0.194 e. The summed E-state index contributed by atoms with van der Waals surface area (Å²) < 4.78 is 40.7. The normalized spacial score (nSPS) is 12.6. The number of hydrogen-bond acceptors (Lipinski definition) is 1. The van der Waals surface area contributed by atoms with Crippen LogP contribution in [0.2, 0.25) is 0 Å². The molecular formula is C15H12BrF3O. The Balaban J connectivity index is 2.55. The van der Waals surface area contributed by atoms with Crippen molar-refractivity contribution in [3.05, 3.63) is 68.4 Å². The van der Waals surface area contributed by atoms with Crippen LogP contribution in [-0.4, -0.2) is 5.11 Å². The fraction of sp³-hybridized carbons (Fsp3) is 0.200. The molecule has 0 amide bonds. The van der Waals surface area contributed by atoms with Crippen molar-refractivity contribution in [1.82, 2.24) is 0 Å². The topological polar surface area (TPSA) is 20.2 Å². The van der Waals surface area contributed by atoms with Gasteiger partial charge in [0.2, 0.25) is 0 Å². The number of aliphatic hydroxyl groups is 1. The van der Waals surface area contributed by atoms with E-state index in [1.54, 1.807) is 19.1 Å². The molecule has 2 aromatic rings. The SMILES string of the molecule is Cc1cc(C(O)c2ccc(F)c(F)c2F)c(C)cc1Br. The summed E-state index contributed by atoms with van der Waals surface area (Å²) in [5.41, 5.74) is 1.75. The predicted molar refractivity (Wildman–Crippen MR) is 74.0 cm³/mol. The standard InChI is InChI=1S/C15H12BrF3O/c1-7-6-11(16)8(2)5-10(7)15(20)9-3-4-12(17)14(19)13(9)18/h3-6,15,20H,1-2H3. The fourth-order valence-corrected chi connectivity index (χ4v) is 2.48. The third-order valence-corrected chi connectivity index (χ3v) is 4.06.